The van der Waals surface area contributed by atoms with Crippen LogP contribution in [0.1, 0.15) is 0 Å². The number of hydrogen-bond acceptors (Lipinski definition) is 3. The first kappa shape index (κ1) is 9.17. The second kappa shape index (κ2) is 4.06. The van der Waals surface area contributed by atoms with Crippen LogP contribution in [-0.4, -0.2) is 32.5 Å². The summed E-state index contributed by atoms with van der Waals surface area (Å²) in [5.41, 5.74) is 5.54. The summed E-state index contributed by atoms with van der Waals surface area (Å²) in [7, 11) is 1.65. The maximum atomic E-state index is 5.54. The molecule has 0 bridgehead atoms. The van der Waals surface area contributed by atoms with E-state index in [2.05, 4.69) is 0 Å². The SMILES string of the molecule is CO[C@@H]1COC[C@H]1N.Cl. The first-order valence-corrected chi connectivity index (χ1v) is 2.70. The van der Waals surface area contributed by atoms with Crippen LogP contribution in [0.25, 0.3) is 0 Å². The zero-order valence-electron chi connectivity index (χ0n) is 5.37. The molecule has 0 amide bonds. The molecule has 0 aromatic heterocycles. The van der Waals surface area contributed by atoms with E-state index in [0.717, 1.165) is 0 Å². The van der Waals surface area contributed by atoms with Crippen molar-refractivity contribution < 1.29 is 9.47 Å². The third kappa shape index (κ3) is 2.10. The molecule has 0 aromatic rings. The van der Waals surface area contributed by atoms with Crippen LogP contribution >= 0.6 is 12.4 Å². The topological polar surface area (TPSA) is 44.5 Å². The van der Waals surface area contributed by atoms with Gasteiger partial charge in [0, 0.05) is 7.11 Å². The minimum Gasteiger partial charge on any atom is -0.377 e. The predicted molar refractivity (Wildman–Crippen MR) is 36.8 cm³/mol. The highest BCUT2D eigenvalue weighted by Crippen LogP contribution is 2.04. The van der Waals surface area contributed by atoms with Gasteiger partial charge in [0.2, 0.25) is 0 Å². The van der Waals surface area contributed by atoms with Crippen LogP contribution in [0.2, 0.25) is 0 Å². The monoisotopic (exact) mass is 153 g/mol. The Bertz CT molecular complexity index is 81.4. The fourth-order valence-electron chi connectivity index (χ4n) is 0.794. The van der Waals surface area contributed by atoms with Crippen molar-refractivity contribution in [2.24, 2.45) is 5.73 Å². The summed E-state index contributed by atoms with van der Waals surface area (Å²) in [6, 6.07) is 0.0833. The van der Waals surface area contributed by atoms with Gasteiger partial charge in [-0.05, 0) is 0 Å². The molecule has 1 aliphatic heterocycles. The number of rotatable bonds is 1. The molecule has 0 aliphatic carbocycles. The summed E-state index contributed by atoms with van der Waals surface area (Å²) >= 11 is 0. The van der Waals surface area contributed by atoms with Gasteiger partial charge in [-0.2, -0.15) is 0 Å². The Kier molecular flexibility index (Phi) is 4.14. The zero-order valence-corrected chi connectivity index (χ0v) is 6.19. The molecule has 9 heavy (non-hydrogen) atoms. The average Bonchev–Trinajstić information content (AvgIpc) is 2.14. The molecule has 2 N–H and O–H groups in total. The Labute approximate surface area is 60.9 Å². The normalized spacial score (nSPS) is 34.0. The van der Waals surface area contributed by atoms with Crippen molar-refractivity contribution in [3.05, 3.63) is 0 Å². The van der Waals surface area contributed by atoms with Gasteiger partial charge in [-0.1, -0.05) is 0 Å². The minimum atomic E-state index is 0. The zero-order chi connectivity index (χ0) is 5.98. The quantitative estimate of drug-likeness (QED) is 0.567. The lowest BCUT2D eigenvalue weighted by molar-refractivity contribution is 0.0777. The summed E-state index contributed by atoms with van der Waals surface area (Å²) in [6.07, 6.45) is 0.120. The Hall–Kier alpha value is 0.170. The molecule has 56 valence electrons. The van der Waals surface area contributed by atoms with Crippen molar-refractivity contribution in [2.75, 3.05) is 20.3 Å². The van der Waals surface area contributed by atoms with E-state index >= 15 is 0 Å². The van der Waals surface area contributed by atoms with Gasteiger partial charge in [0.1, 0.15) is 0 Å². The summed E-state index contributed by atoms with van der Waals surface area (Å²) < 4.78 is 9.98. The van der Waals surface area contributed by atoms with Crippen molar-refractivity contribution in [1.29, 1.82) is 0 Å². The van der Waals surface area contributed by atoms with Crippen molar-refractivity contribution in [3.8, 4) is 0 Å². The van der Waals surface area contributed by atoms with E-state index in [1.165, 1.54) is 0 Å². The molecule has 1 rings (SSSR count). The second-order valence-corrected chi connectivity index (χ2v) is 1.98. The molecule has 3 nitrogen and oxygen atoms in total. The Balaban J connectivity index is 0.000000640. The minimum absolute atomic E-state index is 0. The van der Waals surface area contributed by atoms with E-state index in [1.54, 1.807) is 7.11 Å². The Morgan fingerprint density at radius 1 is 1.56 bits per heavy atom. The molecule has 1 aliphatic rings. The summed E-state index contributed by atoms with van der Waals surface area (Å²) in [5.74, 6) is 0. The van der Waals surface area contributed by atoms with Gasteiger partial charge in [0.15, 0.2) is 0 Å². The van der Waals surface area contributed by atoms with Gasteiger partial charge in [-0.25, -0.2) is 0 Å². The molecular formula is C5H12ClNO2. The van der Waals surface area contributed by atoms with E-state index in [4.69, 9.17) is 15.2 Å². The van der Waals surface area contributed by atoms with Crippen LogP contribution in [-0.2, 0) is 9.47 Å². The summed E-state index contributed by atoms with van der Waals surface area (Å²) in [4.78, 5) is 0. The fraction of sp³-hybridized carbons (Fsp3) is 1.00. The van der Waals surface area contributed by atoms with Gasteiger partial charge in [-0.15, -0.1) is 12.4 Å². The molecule has 0 radical (unpaired) electrons. The van der Waals surface area contributed by atoms with Gasteiger partial charge >= 0.3 is 0 Å². The van der Waals surface area contributed by atoms with Crippen LogP contribution in [0.3, 0.4) is 0 Å². The summed E-state index contributed by atoms with van der Waals surface area (Å²) in [6.45, 7) is 1.29. The number of methoxy groups -OCH3 is 1. The van der Waals surface area contributed by atoms with Crippen LogP contribution in [0.4, 0.5) is 0 Å². The van der Waals surface area contributed by atoms with Crippen LogP contribution in [0, 0.1) is 0 Å². The number of nitrogens with two attached hydrogens (primary N) is 1. The highest BCUT2D eigenvalue weighted by molar-refractivity contribution is 5.85. The van der Waals surface area contributed by atoms with Crippen molar-refractivity contribution >= 4 is 12.4 Å². The largest absolute Gasteiger partial charge is 0.377 e. The van der Waals surface area contributed by atoms with E-state index in [0.29, 0.717) is 13.2 Å². The lowest BCUT2D eigenvalue weighted by Gasteiger charge is -2.08. The summed E-state index contributed by atoms with van der Waals surface area (Å²) in [5, 5.41) is 0. The van der Waals surface area contributed by atoms with Gasteiger partial charge in [0.05, 0.1) is 25.4 Å². The van der Waals surface area contributed by atoms with E-state index < -0.39 is 0 Å². The van der Waals surface area contributed by atoms with Crippen LogP contribution in [0.5, 0.6) is 0 Å². The van der Waals surface area contributed by atoms with Gasteiger partial charge in [-0.3, -0.25) is 0 Å². The maximum absolute atomic E-state index is 5.54. The Morgan fingerprint density at radius 3 is 2.44 bits per heavy atom. The fourth-order valence-corrected chi connectivity index (χ4v) is 0.794. The molecule has 0 aromatic carbocycles. The highest BCUT2D eigenvalue weighted by Gasteiger charge is 2.23. The van der Waals surface area contributed by atoms with Crippen molar-refractivity contribution in [3.63, 3.8) is 0 Å². The lowest BCUT2D eigenvalue weighted by Crippen LogP contribution is -2.34. The van der Waals surface area contributed by atoms with E-state index in [-0.39, 0.29) is 24.6 Å². The number of hydrogen-bond donors (Lipinski definition) is 1. The first-order valence-electron chi connectivity index (χ1n) is 2.70. The molecule has 1 saturated heterocycles. The molecule has 2 atom stereocenters. The molecular weight excluding hydrogens is 142 g/mol. The van der Waals surface area contributed by atoms with E-state index in [1.807, 2.05) is 0 Å². The van der Waals surface area contributed by atoms with Crippen molar-refractivity contribution in [1.82, 2.24) is 0 Å². The molecule has 0 spiro atoms. The molecule has 1 fully saturated rings. The first-order chi connectivity index (χ1) is 3.84. The van der Waals surface area contributed by atoms with Gasteiger partial charge < -0.3 is 15.2 Å². The average molecular weight is 154 g/mol. The van der Waals surface area contributed by atoms with Crippen molar-refractivity contribution in [2.45, 2.75) is 12.1 Å². The van der Waals surface area contributed by atoms with Crippen LogP contribution < -0.4 is 5.73 Å². The van der Waals surface area contributed by atoms with Crippen LogP contribution in [0.15, 0.2) is 0 Å². The third-order valence-corrected chi connectivity index (χ3v) is 1.37. The molecule has 1 heterocycles. The maximum Gasteiger partial charge on any atom is 0.0977 e. The van der Waals surface area contributed by atoms with Gasteiger partial charge in [0.25, 0.3) is 0 Å². The lowest BCUT2D eigenvalue weighted by atomic mass is 10.2. The molecule has 0 saturated carbocycles. The second-order valence-electron chi connectivity index (χ2n) is 1.98. The van der Waals surface area contributed by atoms with E-state index in [9.17, 15) is 0 Å². The standard InChI is InChI=1S/C5H11NO2.ClH/c1-7-5-3-8-2-4(5)6;/h4-5H,2-3,6H2,1H3;1H/t4-,5-;/m1./s1. The molecule has 4 heteroatoms. The third-order valence-electron chi connectivity index (χ3n) is 1.37. The number of ether oxygens (including phenoxy) is 2. The number of halogens is 1. The smallest absolute Gasteiger partial charge is 0.0977 e. The Morgan fingerprint density at radius 2 is 2.22 bits per heavy atom. The predicted octanol–water partition coefficient (Wildman–Crippen LogP) is -0.219. The highest BCUT2D eigenvalue weighted by atomic mass is 35.5. The molecule has 0 unspecified atom stereocenters.